The highest BCUT2D eigenvalue weighted by atomic mass is 16.5. The lowest BCUT2D eigenvalue weighted by molar-refractivity contribution is -0.139. The Kier molecular flexibility index (Phi) is 10.7. The first-order chi connectivity index (χ1) is 18.2. The minimum absolute atomic E-state index is 0.0760. The number of nitrogens with zero attached hydrogens (tertiary/aromatic N) is 1. The molecule has 1 fully saturated rings. The van der Waals surface area contributed by atoms with Crippen molar-refractivity contribution >= 4 is 17.7 Å². The molecule has 1 heterocycles. The Labute approximate surface area is 227 Å². The number of amides is 3. The van der Waals surface area contributed by atoms with E-state index in [0.717, 1.165) is 41.7 Å². The monoisotopic (exact) mass is 521 g/mol. The Morgan fingerprint density at radius 1 is 1.11 bits per heavy atom. The maximum Gasteiger partial charge on any atom is 0.245 e. The minimum Gasteiger partial charge on any atom is -0.496 e. The molecule has 38 heavy (non-hydrogen) atoms. The molecule has 3 atom stereocenters. The highest BCUT2D eigenvalue weighted by Crippen LogP contribution is 2.31. The van der Waals surface area contributed by atoms with Gasteiger partial charge in [0.2, 0.25) is 17.7 Å². The second-order valence-electron chi connectivity index (χ2n) is 10.8. The zero-order valence-electron chi connectivity index (χ0n) is 23.2. The summed E-state index contributed by atoms with van der Waals surface area (Å²) in [6.45, 7) is 7.14. The first kappa shape index (κ1) is 29.2. The molecule has 0 aromatic heterocycles. The van der Waals surface area contributed by atoms with Gasteiger partial charge in [-0.3, -0.25) is 14.4 Å². The number of rotatable bonds is 12. The molecule has 206 valence electrons. The van der Waals surface area contributed by atoms with Crippen LogP contribution >= 0.6 is 0 Å². The van der Waals surface area contributed by atoms with E-state index >= 15 is 0 Å². The van der Waals surface area contributed by atoms with Crippen LogP contribution in [0.2, 0.25) is 0 Å². The predicted molar refractivity (Wildman–Crippen MR) is 150 cm³/mol. The van der Waals surface area contributed by atoms with Gasteiger partial charge in [-0.05, 0) is 61.3 Å². The number of carbonyl (C=O) groups excluding carboxylic acids is 3. The van der Waals surface area contributed by atoms with Gasteiger partial charge in [0.05, 0.1) is 7.11 Å². The van der Waals surface area contributed by atoms with E-state index < -0.39 is 23.8 Å². The summed E-state index contributed by atoms with van der Waals surface area (Å²) in [6.07, 6.45) is 4.19. The topological polar surface area (TPSA) is 102 Å². The predicted octanol–water partition coefficient (Wildman–Crippen LogP) is 4.92. The number of benzene rings is 2. The average Bonchev–Trinajstić information content (AvgIpc) is 3.06. The van der Waals surface area contributed by atoms with Gasteiger partial charge in [-0.2, -0.15) is 0 Å². The molecule has 0 bridgehead atoms. The largest absolute Gasteiger partial charge is 0.496 e. The number of hydrogen-bond acceptors (Lipinski definition) is 4. The van der Waals surface area contributed by atoms with Gasteiger partial charge in [-0.15, -0.1) is 0 Å². The summed E-state index contributed by atoms with van der Waals surface area (Å²) >= 11 is 0. The third kappa shape index (κ3) is 7.59. The lowest BCUT2D eigenvalue weighted by Gasteiger charge is -2.29. The molecule has 0 aliphatic carbocycles. The smallest absolute Gasteiger partial charge is 0.245 e. The van der Waals surface area contributed by atoms with Gasteiger partial charge in [-0.1, -0.05) is 63.6 Å². The molecule has 1 saturated heterocycles. The zero-order valence-corrected chi connectivity index (χ0v) is 23.2. The number of likely N-dealkylation sites (tertiary alicyclic amines) is 1. The van der Waals surface area contributed by atoms with Crippen LogP contribution in [0.1, 0.15) is 64.9 Å². The first-order valence-electron chi connectivity index (χ1n) is 13.9. The number of methoxy groups -OCH3 is 1. The van der Waals surface area contributed by atoms with Crippen LogP contribution in [-0.2, 0) is 20.9 Å². The fourth-order valence-electron chi connectivity index (χ4n) is 5.43. The lowest BCUT2D eigenvalue weighted by atomic mass is 9.81. The van der Waals surface area contributed by atoms with E-state index in [-0.39, 0.29) is 17.7 Å². The first-order valence-corrected chi connectivity index (χ1v) is 13.9. The molecule has 0 radical (unpaired) electrons. The van der Waals surface area contributed by atoms with Crippen LogP contribution < -0.4 is 15.8 Å². The maximum absolute atomic E-state index is 13.6. The second kappa shape index (κ2) is 14.0. The molecule has 3 rings (SSSR count). The minimum atomic E-state index is -0.604. The van der Waals surface area contributed by atoms with Gasteiger partial charge in [0, 0.05) is 30.5 Å². The van der Waals surface area contributed by atoms with Crippen LogP contribution in [0.4, 0.5) is 0 Å². The highest BCUT2D eigenvalue weighted by molar-refractivity contribution is 5.91. The Morgan fingerprint density at radius 3 is 2.55 bits per heavy atom. The number of hydrogen-bond donors (Lipinski definition) is 2. The normalized spacial score (nSPS) is 17.6. The van der Waals surface area contributed by atoms with Crippen molar-refractivity contribution in [3.8, 4) is 16.9 Å². The maximum atomic E-state index is 13.6. The van der Waals surface area contributed by atoms with E-state index in [1.54, 1.807) is 7.11 Å². The molecule has 2 aromatic rings. The standard InChI is InChI=1S/C31H43N3O4/c1-5-11-25(29(32)35)26(18-21(2)3)30(36)33-27-15-8-9-17-34(31(27)37)20-22-12-10-13-23(19-22)24-14-6-7-16-28(24)38-4/h6-7,10,12-14,16,19,21,25-27H,5,8-9,11,15,17-18,20H2,1-4H3,(H2,32,35)(H,33,36)/t25?,26?,27-/m0/s1. The van der Waals surface area contributed by atoms with E-state index in [2.05, 4.69) is 11.4 Å². The molecule has 2 aromatic carbocycles. The van der Waals surface area contributed by atoms with Crippen molar-refractivity contribution in [2.75, 3.05) is 13.7 Å². The molecule has 2 unspecified atom stereocenters. The van der Waals surface area contributed by atoms with Crippen molar-refractivity contribution in [1.82, 2.24) is 10.2 Å². The highest BCUT2D eigenvalue weighted by Gasteiger charge is 2.35. The van der Waals surface area contributed by atoms with Crippen molar-refractivity contribution in [2.24, 2.45) is 23.5 Å². The summed E-state index contributed by atoms with van der Waals surface area (Å²) in [4.78, 5) is 41.1. The van der Waals surface area contributed by atoms with Crippen LogP contribution in [0, 0.1) is 17.8 Å². The van der Waals surface area contributed by atoms with Gasteiger partial charge < -0.3 is 20.7 Å². The van der Waals surface area contributed by atoms with Crippen LogP contribution in [0.15, 0.2) is 48.5 Å². The van der Waals surface area contributed by atoms with E-state index in [4.69, 9.17) is 10.5 Å². The van der Waals surface area contributed by atoms with Gasteiger partial charge in [0.25, 0.3) is 0 Å². The second-order valence-corrected chi connectivity index (χ2v) is 10.8. The van der Waals surface area contributed by atoms with Crippen LogP contribution in [0.25, 0.3) is 11.1 Å². The summed E-state index contributed by atoms with van der Waals surface area (Å²) in [6, 6.07) is 15.4. The van der Waals surface area contributed by atoms with Crippen molar-refractivity contribution in [3.63, 3.8) is 0 Å². The Morgan fingerprint density at radius 2 is 1.87 bits per heavy atom. The molecule has 0 spiro atoms. The fraction of sp³-hybridized carbons (Fsp3) is 0.516. The van der Waals surface area contributed by atoms with E-state index in [0.29, 0.717) is 32.4 Å². The Balaban J connectivity index is 1.77. The van der Waals surface area contributed by atoms with Gasteiger partial charge in [0.15, 0.2) is 0 Å². The molecule has 7 heteroatoms. The van der Waals surface area contributed by atoms with Crippen LogP contribution in [0.5, 0.6) is 5.75 Å². The quantitative estimate of drug-likeness (QED) is 0.414. The van der Waals surface area contributed by atoms with E-state index in [1.165, 1.54) is 0 Å². The zero-order chi connectivity index (χ0) is 27.7. The molecular formula is C31H43N3O4. The molecule has 7 nitrogen and oxygen atoms in total. The van der Waals surface area contributed by atoms with Gasteiger partial charge in [-0.25, -0.2) is 0 Å². The molecule has 3 N–H and O–H groups in total. The van der Waals surface area contributed by atoms with Crippen molar-refractivity contribution < 1.29 is 19.1 Å². The van der Waals surface area contributed by atoms with Gasteiger partial charge >= 0.3 is 0 Å². The van der Waals surface area contributed by atoms with Crippen molar-refractivity contribution in [2.45, 2.75) is 71.9 Å². The molecule has 0 saturated carbocycles. The number of nitrogens with one attached hydrogen (secondary N) is 1. The van der Waals surface area contributed by atoms with Crippen molar-refractivity contribution in [1.29, 1.82) is 0 Å². The number of ether oxygens (including phenoxy) is 1. The molecular weight excluding hydrogens is 478 g/mol. The van der Waals surface area contributed by atoms with E-state index in [1.807, 2.05) is 68.1 Å². The third-order valence-corrected chi connectivity index (χ3v) is 7.33. The van der Waals surface area contributed by atoms with E-state index in [9.17, 15) is 14.4 Å². The fourth-order valence-corrected chi connectivity index (χ4v) is 5.43. The number of nitrogens with two attached hydrogens (primary N) is 1. The van der Waals surface area contributed by atoms with Crippen LogP contribution in [-0.4, -0.2) is 42.3 Å². The number of carbonyl (C=O) groups is 3. The third-order valence-electron chi connectivity index (χ3n) is 7.33. The lowest BCUT2D eigenvalue weighted by Crippen LogP contribution is -2.50. The Hall–Kier alpha value is -3.35. The molecule has 3 amide bonds. The summed E-state index contributed by atoms with van der Waals surface area (Å²) < 4.78 is 5.53. The van der Waals surface area contributed by atoms with Crippen molar-refractivity contribution in [3.05, 3.63) is 54.1 Å². The molecule has 1 aliphatic heterocycles. The SMILES string of the molecule is CCCC(C(N)=O)C(CC(C)C)C(=O)N[C@H]1CCCCN(Cc2cccc(-c3ccccc3OC)c2)C1=O. The molecule has 1 aliphatic rings. The van der Waals surface area contributed by atoms with Crippen LogP contribution in [0.3, 0.4) is 0 Å². The summed E-state index contributed by atoms with van der Waals surface area (Å²) in [5, 5.41) is 3.02. The summed E-state index contributed by atoms with van der Waals surface area (Å²) in [7, 11) is 1.66. The Bertz CT molecular complexity index is 1100. The summed E-state index contributed by atoms with van der Waals surface area (Å²) in [5.41, 5.74) is 8.74. The number of primary amides is 1. The summed E-state index contributed by atoms with van der Waals surface area (Å²) in [5.74, 6) is -0.807. The number of para-hydroxylation sites is 1. The van der Waals surface area contributed by atoms with Gasteiger partial charge in [0.1, 0.15) is 11.8 Å². The average molecular weight is 522 g/mol.